The van der Waals surface area contributed by atoms with Crippen molar-refractivity contribution in [2.75, 3.05) is 14.2 Å². The maximum Gasteiger partial charge on any atom is 0.304 e. The van der Waals surface area contributed by atoms with E-state index >= 15 is 0 Å². The predicted octanol–water partition coefficient (Wildman–Crippen LogP) is 3.03. The summed E-state index contributed by atoms with van der Waals surface area (Å²) in [6.07, 6.45) is 1.84. The highest BCUT2D eigenvalue weighted by atomic mass is 16.5. The van der Waals surface area contributed by atoms with E-state index in [2.05, 4.69) is 10.7 Å². The average molecular weight is 445 g/mol. The van der Waals surface area contributed by atoms with Crippen LogP contribution in [0, 0.1) is 6.92 Å². The van der Waals surface area contributed by atoms with Gasteiger partial charge in [0, 0.05) is 16.7 Å². The summed E-state index contributed by atoms with van der Waals surface area (Å²) < 4.78 is 12.2. The Morgan fingerprint density at radius 3 is 2.33 bits per heavy atom. The van der Waals surface area contributed by atoms with Crippen molar-refractivity contribution in [1.29, 1.82) is 0 Å². The number of methoxy groups -OCH3 is 2. The van der Waals surface area contributed by atoms with E-state index in [-0.39, 0.29) is 11.8 Å². The predicted molar refractivity (Wildman–Crippen MR) is 125 cm³/mol. The molecule has 3 aromatic rings. The molecular weight excluding hydrogens is 418 g/mol. The lowest BCUT2D eigenvalue weighted by molar-refractivity contribution is -0.596. The zero-order valence-electron chi connectivity index (χ0n) is 18.7. The third kappa shape index (κ3) is 4.87. The lowest BCUT2D eigenvalue weighted by Crippen LogP contribution is -2.42. The smallest absolute Gasteiger partial charge is 0.304 e. The highest BCUT2D eigenvalue weighted by molar-refractivity contribution is 5.98. The molecule has 0 aliphatic carbocycles. The number of rotatable bonds is 6. The molecule has 2 atom stereocenters. The number of benzene rings is 3. The van der Waals surface area contributed by atoms with Crippen LogP contribution in [0.2, 0.25) is 0 Å². The summed E-state index contributed by atoms with van der Waals surface area (Å²) in [6, 6.07) is 21.0. The van der Waals surface area contributed by atoms with Gasteiger partial charge in [-0.15, -0.1) is 10.1 Å². The van der Waals surface area contributed by atoms with Crippen molar-refractivity contribution in [2.24, 2.45) is 0 Å². The minimum absolute atomic E-state index is 0.290. The number of carbonyl (C=O) groups is 2. The SMILES string of the molecule is COc1ccc(C(=O)N[C@@H]2C(=O)N/[N+](=C\c3cccc(OC)c3)[C@H]2c2ccc(C)cc2)cc1. The molecule has 1 aliphatic heterocycles. The van der Waals surface area contributed by atoms with Gasteiger partial charge in [-0.2, -0.15) is 0 Å². The van der Waals surface area contributed by atoms with Crippen LogP contribution in [0.1, 0.15) is 33.1 Å². The molecular formula is C26H26N3O4+. The number of carbonyl (C=O) groups excluding carboxylic acids is 2. The highest BCUT2D eigenvalue weighted by Crippen LogP contribution is 2.26. The zero-order chi connectivity index (χ0) is 23.4. The van der Waals surface area contributed by atoms with Gasteiger partial charge in [-0.1, -0.05) is 35.9 Å². The second-order valence-electron chi connectivity index (χ2n) is 7.82. The monoisotopic (exact) mass is 444 g/mol. The zero-order valence-corrected chi connectivity index (χ0v) is 18.7. The molecule has 168 valence electrons. The molecule has 1 heterocycles. The van der Waals surface area contributed by atoms with Crippen LogP contribution in [-0.4, -0.2) is 43.0 Å². The Hall–Kier alpha value is -4.13. The summed E-state index contributed by atoms with van der Waals surface area (Å²) in [6.45, 7) is 2.00. The van der Waals surface area contributed by atoms with E-state index in [0.717, 1.165) is 16.7 Å². The van der Waals surface area contributed by atoms with E-state index < -0.39 is 12.1 Å². The fourth-order valence-corrected chi connectivity index (χ4v) is 3.79. The van der Waals surface area contributed by atoms with Crippen molar-refractivity contribution in [3.05, 3.63) is 95.1 Å². The minimum Gasteiger partial charge on any atom is -0.497 e. The van der Waals surface area contributed by atoms with Gasteiger partial charge in [0.2, 0.25) is 12.3 Å². The Labute approximate surface area is 192 Å². The van der Waals surface area contributed by atoms with Gasteiger partial charge in [0.05, 0.1) is 14.2 Å². The summed E-state index contributed by atoms with van der Waals surface area (Å²) >= 11 is 0. The molecule has 0 unspecified atom stereocenters. The number of hydrazine groups is 1. The fraction of sp³-hybridized carbons (Fsp3) is 0.192. The first-order chi connectivity index (χ1) is 16.0. The number of ether oxygens (including phenoxy) is 2. The largest absolute Gasteiger partial charge is 0.497 e. The molecule has 1 fully saturated rings. The summed E-state index contributed by atoms with van der Waals surface area (Å²) in [4.78, 5) is 25.9. The average Bonchev–Trinajstić information content (AvgIpc) is 3.14. The van der Waals surface area contributed by atoms with Gasteiger partial charge < -0.3 is 14.8 Å². The first-order valence-corrected chi connectivity index (χ1v) is 10.6. The number of nitrogens with zero attached hydrogens (tertiary/aromatic N) is 1. The molecule has 7 heteroatoms. The molecule has 7 nitrogen and oxygen atoms in total. The van der Waals surface area contributed by atoms with Crippen LogP contribution in [0.3, 0.4) is 0 Å². The molecule has 3 aromatic carbocycles. The third-order valence-electron chi connectivity index (χ3n) is 5.58. The van der Waals surface area contributed by atoms with Gasteiger partial charge in [0.1, 0.15) is 11.5 Å². The van der Waals surface area contributed by atoms with E-state index in [1.807, 2.05) is 61.7 Å². The number of aryl methyl sites for hydroxylation is 1. The molecule has 2 amide bonds. The first kappa shape index (κ1) is 22.1. The van der Waals surface area contributed by atoms with Crippen LogP contribution >= 0.6 is 0 Å². The summed E-state index contributed by atoms with van der Waals surface area (Å²) in [7, 11) is 3.17. The van der Waals surface area contributed by atoms with Gasteiger partial charge >= 0.3 is 5.91 Å². The molecule has 0 bridgehead atoms. The molecule has 0 saturated carbocycles. The van der Waals surface area contributed by atoms with E-state index in [1.54, 1.807) is 43.2 Å². The number of nitrogens with one attached hydrogen (secondary N) is 2. The van der Waals surface area contributed by atoms with Gasteiger partial charge in [-0.05, 0) is 49.4 Å². The topological polar surface area (TPSA) is 79.7 Å². The van der Waals surface area contributed by atoms with Crippen molar-refractivity contribution >= 4 is 18.0 Å². The van der Waals surface area contributed by atoms with Crippen molar-refractivity contribution in [2.45, 2.75) is 19.0 Å². The van der Waals surface area contributed by atoms with E-state index in [9.17, 15) is 9.59 Å². The second-order valence-corrected chi connectivity index (χ2v) is 7.82. The van der Waals surface area contributed by atoms with Crippen molar-refractivity contribution in [3.8, 4) is 11.5 Å². The summed E-state index contributed by atoms with van der Waals surface area (Å²) in [5, 5.41) is 2.91. The van der Waals surface area contributed by atoms with Crippen LogP contribution in [0.25, 0.3) is 0 Å². The fourth-order valence-electron chi connectivity index (χ4n) is 3.79. The van der Waals surface area contributed by atoms with Gasteiger partial charge in [-0.25, -0.2) is 0 Å². The quantitative estimate of drug-likeness (QED) is 0.573. The lowest BCUT2D eigenvalue weighted by atomic mass is 9.98. The third-order valence-corrected chi connectivity index (χ3v) is 5.58. The molecule has 0 aromatic heterocycles. The van der Waals surface area contributed by atoms with Crippen LogP contribution in [0.4, 0.5) is 0 Å². The van der Waals surface area contributed by atoms with Crippen LogP contribution in [-0.2, 0) is 4.79 Å². The molecule has 1 aliphatic rings. The molecule has 2 N–H and O–H groups in total. The lowest BCUT2D eigenvalue weighted by Gasteiger charge is -2.15. The summed E-state index contributed by atoms with van der Waals surface area (Å²) in [5.41, 5.74) is 6.20. The van der Waals surface area contributed by atoms with Crippen molar-refractivity contribution < 1.29 is 23.7 Å². The van der Waals surface area contributed by atoms with Crippen molar-refractivity contribution in [1.82, 2.24) is 10.7 Å². The normalized spacial score (nSPS) is 18.6. The number of amides is 2. The number of hydrogen-bond donors (Lipinski definition) is 2. The van der Waals surface area contributed by atoms with Crippen molar-refractivity contribution in [3.63, 3.8) is 0 Å². The summed E-state index contributed by atoms with van der Waals surface area (Å²) in [5.74, 6) is 0.743. The maximum absolute atomic E-state index is 13.0. The Morgan fingerprint density at radius 1 is 0.970 bits per heavy atom. The number of hydrogen-bond acceptors (Lipinski definition) is 4. The molecule has 0 radical (unpaired) electrons. The standard InChI is InChI=1S/C26H25N3O4/c1-17-7-9-19(10-8-17)24-23(27-25(30)20-11-13-21(32-2)14-12-20)26(31)28-29(24)16-18-5-4-6-22(15-18)33-3/h4-16,23-24H,1-3H3,(H-,27,28,30,31)/p+1/b29-16-/t23-,24-/m0/s1. The molecule has 4 rings (SSSR count). The Bertz CT molecular complexity index is 1190. The van der Waals surface area contributed by atoms with Crippen LogP contribution in [0.15, 0.2) is 72.8 Å². The van der Waals surface area contributed by atoms with E-state index in [4.69, 9.17) is 9.47 Å². The number of hydrazone groups is 1. The van der Waals surface area contributed by atoms with Crippen LogP contribution in [0.5, 0.6) is 11.5 Å². The Morgan fingerprint density at radius 2 is 1.67 bits per heavy atom. The van der Waals surface area contributed by atoms with Gasteiger partial charge in [0.25, 0.3) is 5.91 Å². The van der Waals surface area contributed by atoms with E-state index in [0.29, 0.717) is 17.1 Å². The highest BCUT2D eigenvalue weighted by Gasteiger charge is 2.47. The molecule has 33 heavy (non-hydrogen) atoms. The minimum atomic E-state index is -0.788. The maximum atomic E-state index is 13.0. The Kier molecular flexibility index (Phi) is 6.40. The van der Waals surface area contributed by atoms with Gasteiger partial charge in [-0.3, -0.25) is 9.59 Å². The second kappa shape index (κ2) is 9.56. The van der Waals surface area contributed by atoms with Crippen LogP contribution < -0.4 is 20.2 Å². The Balaban J connectivity index is 1.68. The van der Waals surface area contributed by atoms with Gasteiger partial charge in [0.15, 0.2) is 6.04 Å². The van der Waals surface area contributed by atoms with E-state index in [1.165, 1.54) is 0 Å². The molecule has 0 spiro atoms. The molecule has 1 saturated heterocycles. The first-order valence-electron chi connectivity index (χ1n) is 10.6.